The molecule has 0 atom stereocenters. The number of nitro groups is 1. The van der Waals surface area contributed by atoms with Crippen LogP contribution in [0.5, 0.6) is 0 Å². The van der Waals surface area contributed by atoms with Crippen molar-refractivity contribution in [1.29, 1.82) is 0 Å². The van der Waals surface area contributed by atoms with Gasteiger partial charge in [-0.1, -0.05) is 5.92 Å². The molecule has 0 aliphatic heterocycles. The molecule has 0 amide bonds. The third-order valence-corrected chi connectivity index (χ3v) is 2.42. The summed E-state index contributed by atoms with van der Waals surface area (Å²) in [6, 6.07) is 4.65. The molecule has 72 valence electrons. The van der Waals surface area contributed by atoms with Crippen LogP contribution in [-0.2, 0) is 0 Å². The molecular weight excluding hydrogens is 200 g/mol. The highest BCUT2D eigenvalue weighted by molar-refractivity contribution is 7.99. The van der Waals surface area contributed by atoms with Crippen LogP contribution in [0.4, 0.5) is 11.4 Å². The zero-order valence-corrected chi connectivity index (χ0v) is 8.08. The topological polar surface area (TPSA) is 69.2 Å². The van der Waals surface area contributed by atoms with Gasteiger partial charge in [0, 0.05) is 11.0 Å². The molecule has 4 nitrogen and oxygen atoms in total. The Hall–Kier alpha value is -1.67. The Morgan fingerprint density at radius 2 is 2.36 bits per heavy atom. The molecule has 0 bridgehead atoms. The fourth-order valence-electron chi connectivity index (χ4n) is 0.896. The number of rotatable bonds is 3. The maximum Gasteiger partial charge on any atom is 0.293 e. The maximum absolute atomic E-state index is 10.5. The summed E-state index contributed by atoms with van der Waals surface area (Å²) in [5.41, 5.74) is 5.52. The standard InChI is InChI=1S/C9H8N2O2S/c1-2-5-14-7-3-4-8(10)9(6-7)11(12)13/h1,3-4,6H,5,10H2. The molecule has 2 N–H and O–H groups in total. The summed E-state index contributed by atoms with van der Waals surface area (Å²) in [4.78, 5) is 10.8. The quantitative estimate of drug-likeness (QED) is 0.271. The summed E-state index contributed by atoms with van der Waals surface area (Å²) in [6.45, 7) is 0. The SMILES string of the molecule is C#CCSc1ccc(N)c([N+](=O)[O-])c1. The van der Waals surface area contributed by atoms with Gasteiger partial charge in [0.1, 0.15) is 5.69 Å². The molecule has 0 saturated carbocycles. The van der Waals surface area contributed by atoms with E-state index in [4.69, 9.17) is 12.2 Å². The Bertz CT molecular complexity index is 398. The summed E-state index contributed by atoms with van der Waals surface area (Å²) in [5.74, 6) is 2.93. The van der Waals surface area contributed by atoms with Crippen molar-refractivity contribution < 1.29 is 4.92 Å². The molecule has 0 radical (unpaired) electrons. The minimum absolute atomic E-state index is 0.0768. The van der Waals surface area contributed by atoms with Gasteiger partial charge < -0.3 is 5.73 Å². The van der Waals surface area contributed by atoms with Gasteiger partial charge in [0.2, 0.25) is 0 Å². The number of thioether (sulfide) groups is 1. The molecule has 0 aromatic heterocycles. The van der Waals surface area contributed by atoms with E-state index in [1.54, 1.807) is 6.07 Å². The van der Waals surface area contributed by atoms with Gasteiger partial charge in [0.05, 0.1) is 10.7 Å². The van der Waals surface area contributed by atoms with Gasteiger partial charge in [-0.3, -0.25) is 10.1 Å². The molecule has 14 heavy (non-hydrogen) atoms. The van der Waals surface area contributed by atoms with Crippen LogP contribution in [-0.4, -0.2) is 10.7 Å². The molecule has 0 fully saturated rings. The highest BCUT2D eigenvalue weighted by Gasteiger charge is 2.11. The molecule has 0 heterocycles. The third-order valence-electron chi connectivity index (χ3n) is 1.52. The molecule has 0 spiro atoms. The van der Waals surface area contributed by atoms with Gasteiger partial charge >= 0.3 is 0 Å². The highest BCUT2D eigenvalue weighted by atomic mass is 32.2. The molecule has 1 rings (SSSR count). The van der Waals surface area contributed by atoms with Crippen LogP contribution in [0.25, 0.3) is 0 Å². The van der Waals surface area contributed by atoms with Crippen molar-refractivity contribution in [2.24, 2.45) is 0 Å². The Kier molecular flexibility index (Phi) is 3.37. The van der Waals surface area contributed by atoms with Crippen LogP contribution in [0.2, 0.25) is 0 Å². The fourth-order valence-corrected chi connectivity index (χ4v) is 1.51. The molecule has 0 aliphatic carbocycles. The summed E-state index contributed by atoms with van der Waals surface area (Å²) in [7, 11) is 0. The summed E-state index contributed by atoms with van der Waals surface area (Å²) in [5, 5.41) is 10.5. The monoisotopic (exact) mass is 208 g/mol. The molecule has 0 unspecified atom stereocenters. The van der Waals surface area contributed by atoms with Crippen LogP contribution < -0.4 is 5.73 Å². The van der Waals surface area contributed by atoms with Crippen molar-refractivity contribution in [2.45, 2.75) is 4.90 Å². The predicted octanol–water partition coefficient (Wildman–Crippen LogP) is 1.90. The maximum atomic E-state index is 10.5. The number of nitrogens with two attached hydrogens (primary N) is 1. The largest absolute Gasteiger partial charge is 0.393 e. The van der Waals surface area contributed by atoms with Crippen molar-refractivity contribution in [1.82, 2.24) is 0 Å². The Labute approximate surface area is 85.6 Å². The first-order valence-electron chi connectivity index (χ1n) is 3.75. The molecule has 1 aromatic rings. The van der Waals surface area contributed by atoms with Crippen LogP contribution in [0.1, 0.15) is 0 Å². The lowest BCUT2D eigenvalue weighted by Gasteiger charge is -2.00. The van der Waals surface area contributed by atoms with E-state index in [0.29, 0.717) is 5.75 Å². The third kappa shape index (κ3) is 2.41. The summed E-state index contributed by atoms with van der Waals surface area (Å²) >= 11 is 1.36. The first-order valence-corrected chi connectivity index (χ1v) is 4.74. The first kappa shape index (κ1) is 10.4. The van der Waals surface area contributed by atoms with E-state index in [0.717, 1.165) is 4.90 Å². The van der Waals surface area contributed by atoms with Crippen LogP contribution in [0.15, 0.2) is 23.1 Å². The van der Waals surface area contributed by atoms with E-state index in [1.165, 1.54) is 23.9 Å². The fraction of sp³-hybridized carbons (Fsp3) is 0.111. The van der Waals surface area contributed by atoms with Crippen molar-refractivity contribution in [2.75, 3.05) is 11.5 Å². The minimum atomic E-state index is -0.505. The second kappa shape index (κ2) is 4.53. The average Bonchev–Trinajstić information content (AvgIpc) is 2.16. The first-order chi connectivity index (χ1) is 6.65. The minimum Gasteiger partial charge on any atom is -0.393 e. The van der Waals surface area contributed by atoms with Gasteiger partial charge in [0.25, 0.3) is 5.69 Å². The van der Waals surface area contributed by atoms with E-state index in [2.05, 4.69) is 5.92 Å². The molecule has 0 aliphatic rings. The predicted molar refractivity (Wildman–Crippen MR) is 57.1 cm³/mol. The van der Waals surface area contributed by atoms with E-state index in [-0.39, 0.29) is 11.4 Å². The van der Waals surface area contributed by atoms with Gasteiger partial charge in [0.15, 0.2) is 0 Å². The van der Waals surface area contributed by atoms with Crippen molar-refractivity contribution >= 4 is 23.1 Å². The van der Waals surface area contributed by atoms with Gasteiger partial charge in [-0.05, 0) is 12.1 Å². The zero-order valence-electron chi connectivity index (χ0n) is 7.27. The number of hydrogen-bond acceptors (Lipinski definition) is 4. The lowest BCUT2D eigenvalue weighted by atomic mass is 10.3. The number of nitrogen functional groups attached to an aromatic ring is 1. The van der Waals surface area contributed by atoms with E-state index in [1.807, 2.05) is 0 Å². The number of benzene rings is 1. The number of hydrogen-bond donors (Lipinski definition) is 1. The lowest BCUT2D eigenvalue weighted by Crippen LogP contribution is -1.95. The molecule has 0 saturated heterocycles. The van der Waals surface area contributed by atoms with Gasteiger partial charge in [-0.2, -0.15) is 0 Å². The second-order valence-electron chi connectivity index (χ2n) is 2.47. The number of nitro benzene ring substituents is 1. The lowest BCUT2D eigenvalue weighted by molar-refractivity contribution is -0.384. The van der Waals surface area contributed by atoms with Crippen molar-refractivity contribution in [3.63, 3.8) is 0 Å². The normalized spacial score (nSPS) is 9.36. The van der Waals surface area contributed by atoms with Crippen molar-refractivity contribution in [3.05, 3.63) is 28.3 Å². The van der Waals surface area contributed by atoms with E-state index >= 15 is 0 Å². The molecule has 5 heteroatoms. The Morgan fingerprint density at radius 1 is 1.64 bits per heavy atom. The van der Waals surface area contributed by atoms with E-state index in [9.17, 15) is 10.1 Å². The average molecular weight is 208 g/mol. The number of nitrogens with zero attached hydrogens (tertiary/aromatic N) is 1. The van der Waals surface area contributed by atoms with E-state index < -0.39 is 4.92 Å². The van der Waals surface area contributed by atoms with Gasteiger partial charge in [-0.15, -0.1) is 18.2 Å². The second-order valence-corrected chi connectivity index (χ2v) is 3.52. The Morgan fingerprint density at radius 3 is 2.93 bits per heavy atom. The smallest absolute Gasteiger partial charge is 0.293 e. The Balaban J connectivity index is 2.96. The van der Waals surface area contributed by atoms with Crippen LogP contribution in [0, 0.1) is 22.5 Å². The van der Waals surface area contributed by atoms with Crippen molar-refractivity contribution in [3.8, 4) is 12.3 Å². The van der Waals surface area contributed by atoms with Gasteiger partial charge in [-0.25, -0.2) is 0 Å². The zero-order chi connectivity index (χ0) is 10.6. The number of anilines is 1. The molecular formula is C9H8N2O2S. The molecule has 1 aromatic carbocycles. The number of terminal acetylenes is 1. The summed E-state index contributed by atoms with van der Waals surface area (Å²) in [6.07, 6.45) is 5.07. The van der Waals surface area contributed by atoms with Crippen LogP contribution >= 0.6 is 11.8 Å². The van der Waals surface area contributed by atoms with Crippen LogP contribution in [0.3, 0.4) is 0 Å². The summed E-state index contributed by atoms with van der Waals surface area (Å²) < 4.78 is 0. The highest BCUT2D eigenvalue weighted by Crippen LogP contribution is 2.27.